The van der Waals surface area contributed by atoms with E-state index < -0.39 is 6.61 Å². The molecule has 1 aliphatic rings. The zero-order valence-electron chi connectivity index (χ0n) is 13.0. The molecule has 0 spiro atoms. The topological polar surface area (TPSA) is 21.3 Å². The van der Waals surface area contributed by atoms with E-state index in [-0.39, 0.29) is 11.8 Å². The van der Waals surface area contributed by atoms with E-state index >= 15 is 0 Å². The number of hydrogen-bond donors (Lipinski definition) is 1. The molecule has 0 heterocycles. The number of alkyl halides is 2. The molecule has 0 saturated heterocycles. The molecule has 0 aliphatic heterocycles. The fraction of sp³-hybridized carbons (Fsp3) is 0.647. The average molecular weight is 297 g/mol. The number of benzene rings is 1. The Kier molecular flexibility index (Phi) is 5.20. The molecule has 0 radical (unpaired) electrons. The first-order valence-corrected chi connectivity index (χ1v) is 7.69. The monoisotopic (exact) mass is 297 g/mol. The van der Waals surface area contributed by atoms with E-state index in [1.807, 2.05) is 12.1 Å². The lowest BCUT2D eigenvalue weighted by Crippen LogP contribution is -2.45. The van der Waals surface area contributed by atoms with Gasteiger partial charge in [-0.1, -0.05) is 38.8 Å². The Morgan fingerprint density at radius 2 is 1.86 bits per heavy atom. The smallest absolute Gasteiger partial charge is 0.387 e. The van der Waals surface area contributed by atoms with Crippen LogP contribution in [0.25, 0.3) is 0 Å². The van der Waals surface area contributed by atoms with Crippen LogP contribution in [0.1, 0.15) is 58.1 Å². The third kappa shape index (κ3) is 4.40. The molecular formula is C17H25F2NO. The zero-order chi connectivity index (χ0) is 15.5. The summed E-state index contributed by atoms with van der Waals surface area (Å²) in [6.07, 6.45) is 5.02. The molecule has 21 heavy (non-hydrogen) atoms. The summed E-state index contributed by atoms with van der Waals surface area (Å²) in [7, 11) is 0. The minimum absolute atomic E-state index is 0.202. The molecule has 2 rings (SSSR count). The second-order valence-electron chi connectivity index (χ2n) is 6.62. The van der Waals surface area contributed by atoms with Gasteiger partial charge in [0.15, 0.2) is 0 Å². The van der Waals surface area contributed by atoms with Crippen LogP contribution in [-0.4, -0.2) is 12.7 Å². The van der Waals surface area contributed by atoms with Gasteiger partial charge in [-0.15, -0.1) is 0 Å². The standard InChI is InChI=1S/C17H25F2NO/c1-12(20-15-6-4-5-11-17(15,2)3)13-7-9-14(10-8-13)21-16(18)19/h7-10,12,15-16,20H,4-6,11H2,1-3H3. The van der Waals surface area contributed by atoms with E-state index in [0.717, 1.165) is 5.56 Å². The van der Waals surface area contributed by atoms with Crippen molar-refractivity contribution in [2.45, 2.75) is 65.1 Å². The second kappa shape index (κ2) is 6.73. The van der Waals surface area contributed by atoms with Crippen LogP contribution in [0.2, 0.25) is 0 Å². The highest BCUT2D eigenvalue weighted by Gasteiger charge is 2.32. The van der Waals surface area contributed by atoms with E-state index in [1.54, 1.807) is 12.1 Å². The quantitative estimate of drug-likeness (QED) is 0.834. The maximum absolute atomic E-state index is 12.1. The van der Waals surface area contributed by atoms with E-state index in [4.69, 9.17) is 0 Å². The van der Waals surface area contributed by atoms with Crippen molar-refractivity contribution < 1.29 is 13.5 Å². The van der Waals surface area contributed by atoms with Crippen molar-refractivity contribution in [3.63, 3.8) is 0 Å². The van der Waals surface area contributed by atoms with Crippen LogP contribution >= 0.6 is 0 Å². The summed E-state index contributed by atoms with van der Waals surface area (Å²) in [4.78, 5) is 0. The van der Waals surface area contributed by atoms with Crippen LogP contribution in [0.4, 0.5) is 8.78 Å². The van der Waals surface area contributed by atoms with Gasteiger partial charge in [0, 0.05) is 12.1 Å². The molecule has 1 saturated carbocycles. The Balaban J connectivity index is 1.98. The number of nitrogens with one attached hydrogen (secondary N) is 1. The lowest BCUT2D eigenvalue weighted by molar-refractivity contribution is -0.0498. The Morgan fingerprint density at radius 3 is 2.43 bits per heavy atom. The Hall–Kier alpha value is -1.16. The summed E-state index contributed by atoms with van der Waals surface area (Å²) in [5.74, 6) is 0.207. The fourth-order valence-electron chi connectivity index (χ4n) is 3.14. The number of hydrogen-bond acceptors (Lipinski definition) is 2. The summed E-state index contributed by atoms with van der Waals surface area (Å²) in [6.45, 7) is 3.98. The largest absolute Gasteiger partial charge is 0.435 e. The number of ether oxygens (including phenoxy) is 1. The normalized spacial score (nSPS) is 23.0. The first-order chi connectivity index (χ1) is 9.88. The highest BCUT2D eigenvalue weighted by atomic mass is 19.3. The summed E-state index contributed by atoms with van der Waals surface area (Å²) in [5, 5.41) is 3.70. The lowest BCUT2D eigenvalue weighted by atomic mass is 9.73. The molecule has 2 nitrogen and oxygen atoms in total. The third-order valence-electron chi connectivity index (χ3n) is 4.56. The van der Waals surface area contributed by atoms with Crippen molar-refractivity contribution >= 4 is 0 Å². The second-order valence-corrected chi connectivity index (χ2v) is 6.62. The predicted molar refractivity (Wildman–Crippen MR) is 80.7 cm³/mol. The fourth-order valence-corrected chi connectivity index (χ4v) is 3.14. The van der Waals surface area contributed by atoms with Gasteiger partial charge in [-0.05, 0) is 42.9 Å². The summed E-state index contributed by atoms with van der Waals surface area (Å²) in [5.41, 5.74) is 1.41. The summed E-state index contributed by atoms with van der Waals surface area (Å²) in [6, 6.07) is 7.61. The highest BCUT2D eigenvalue weighted by molar-refractivity contribution is 5.29. The molecule has 1 aromatic rings. The molecule has 2 atom stereocenters. The highest BCUT2D eigenvalue weighted by Crippen LogP contribution is 2.36. The number of halogens is 2. The molecule has 1 N–H and O–H groups in total. The zero-order valence-corrected chi connectivity index (χ0v) is 13.0. The Labute approximate surface area is 125 Å². The van der Waals surface area contributed by atoms with Crippen molar-refractivity contribution in [1.29, 1.82) is 0 Å². The van der Waals surface area contributed by atoms with Crippen LogP contribution < -0.4 is 10.1 Å². The molecule has 1 fully saturated rings. The molecule has 2 unspecified atom stereocenters. The average Bonchev–Trinajstić information content (AvgIpc) is 2.41. The molecular weight excluding hydrogens is 272 g/mol. The molecule has 4 heteroatoms. The van der Waals surface area contributed by atoms with Crippen molar-refractivity contribution in [3.05, 3.63) is 29.8 Å². The van der Waals surface area contributed by atoms with Crippen molar-refractivity contribution in [2.75, 3.05) is 0 Å². The van der Waals surface area contributed by atoms with Gasteiger partial charge >= 0.3 is 6.61 Å². The Bertz CT molecular complexity index is 445. The minimum atomic E-state index is -2.77. The van der Waals surface area contributed by atoms with E-state index in [0.29, 0.717) is 11.5 Å². The van der Waals surface area contributed by atoms with Crippen LogP contribution in [0.15, 0.2) is 24.3 Å². The molecule has 0 aromatic heterocycles. The Morgan fingerprint density at radius 1 is 1.19 bits per heavy atom. The van der Waals surface area contributed by atoms with Crippen molar-refractivity contribution in [2.24, 2.45) is 5.41 Å². The van der Waals surface area contributed by atoms with Gasteiger partial charge in [0.1, 0.15) is 5.75 Å². The van der Waals surface area contributed by atoms with E-state index in [9.17, 15) is 8.78 Å². The van der Waals surface area contributed by atoms with Gasteiger partial charge in [0.05, 0.1) is 0 Å². The molecule has 0 amide bonds. The van der Waals surface area contributed by atoms with Gasteiger partial charge in [-0.2, -0.15) is 8.78 Å². The molecule has 0 bridgehead atoms. The van der Waals surface area contributed by atoms with Crippen LogP contribution in [0.3, 0.4) is 0 Å². The molecule has 1 aromatic carbocycles. The third-order valence-corrected chi connectivity index (χ3v) is 4.56. The number of rotatable bonds is 5. The van der Waals surface area contributed by atoms with Gasteiger partial charge < -0.3 is 10.1 Å². The van der Waals surface area contributed by atoms with Gasteiger partial charge in [0.2, 0.25) is 0 Å². The van der Waals surface area contributed by atoms with Crippen molar-refractivity contribution in [1.82, 2.24) is 5.32 Å². The SMILES string of the molecule is CC(NC1CCCCC1(C)C)c1ccc(OC(F)F)cc1. The van der Waals surface area contributed by atoms with Gasteiger partial charge in [-0.25, -0.2) is 0 Å². The lowest BCUT2D eigenvalue weighted by Gasteiger charge is -2.40. The summed E-state index contributed by atoms with van der Waals surface area (Å²) >= 11 is 0. The summed E-state index contributed by atoms with van der Waals surface area (Å²) < 4.78 is 28.7. The maximum Gasteiger partial charge on any atom is 0.387 e. The van der Waals surface area contributed by atoms with Gasteiger partial charge in [0.25, 0.3) is 0 Å². The minimum Gasteiger partial charge on any atom is -0.435 e. The van der Waals surface area contributed by atoms with Gasteiger partial charge in [-0.3, -0.25) is 0 Å². The predicted octanol–water partition coefficient (Wildman–Crippen LogP) is 4.91. The van der Waals surface area contributed by atoms with E-state index in [1.165, 1.54) is 25.7 Å². The van der Waals surface area contributed by atoms with Crippen molar-refractivity contribution in [3.8, 4) is 5.75 Å². The maximum atomic E-state index is 12.1. The molecule has 1 aliphatic carbocycles. The van der Waals surface area contributed by atoms with E-state index in [2.05, 4.69) is 30.8 Å². The molecule has 118 valence electrons. The first kappa shape index (κ1) is 16.2. The van der Waals surface area contributed by atoms with Crippen LogP contribution in [-0.2, 0) is 0 Å². The first-order valence-electron chi connectivity index (χ1n) is 7.69. The van der Waals surface area contributed by atoms with Crippen LogP contribution in [0.5, 0.6) is 5.75 Å². The van der Waals surface area contributed by atoms with Crippen LogP contribution in [0, 0.1) is 5.41 Å².